The highest BCUT2D eigenvalue weighted by Gasteiger charge is 2.21. The Balaban J connectivity index is 1.36. The van der Waals surface area contributed by atoms with Gasteiger partial charge in [0.1, 0.15) is 11.2 Å². The second kappa shape index (κ2) is 11.5. The Morgan fingerprint density at radius 1 is 0.420 bits per heavy atom. The molecule has 234 valence electrons. The highest BCUT2D eigenvalue weighted by Crippen LogP contribution is 2.45. The Kier molecular flexibility index (Phi) is 3.24. The van der Waals surface area contributed by atoms with Gasteiger partial charge in [0.05, 0.1) is 41.2 Å². The lowest BCUT2D eigenvalue weighted by molar-refractivity contribution is 0.672. The van der Waals surface area contributed by atoms with E-state index in [1.54, 1.807) is 30.3 Å². The van der Waals surface area contributed by atoms with Gasteiger partial charge in [0.15, 0.2) is 0 Å². The Morgan fingerprint density at radius 2 is 1.00 bits per heavy atom. The minimum atomic E-state index is -0.935. The first-order chi connectivity index (χ1) is 34.0. The quantitative estimate of drug-likeness (QED) is 0.183. The molecular formula is C48H31NO. The zero-order valence-electron chi connectivity index (χ0n) is 47.6. The third-order valence-electron chi connectivity index (χ3n) is 8.40. The SMILES string of the molecule is [2H]c1c([2H])c(N(c2c([2H])c([2H])c(-c3c([2H])c([2H])c([2H])c4c([2H])c([2H])c([2H])c([2H])c34)c([2H])c2[2H])c2cccc3oc4c5ccccc5ccc4c23)c([2H])c([2H])c1-c1c([2H])c([2H])c([2H])c2c([2H])c([2H])c([2H])c([2H])c12. The molecule has 10 rings (SSSR count). The Morgan fingerprint density at radius 3 is 1.64 bits per heavy atom. The van der Waals surface area contributed by atoms with Gasteiger partial charge in [0.25, 0.3) is 0 Å². The van der Waals surface area contributed by atoms with Gasteiger partial charge in [-0.25, -0.2) is 0 Å². The second-order valence-corrected chi connectivity index (χ2v) is 11.2. The number of fused-ring (bicyclic) bond motifs is 7. The molecule has 0 bridgehead atoms. The van der Waals surface area contributed by atoms with Crippen molar-refractivity contribution in [3.8, 4) is 22.3 Å². The van der Waals surface area contributed by atoms with Crippen LogP contribution in [0.4, 0.5) is 17.1 Å². The molecule has 2 nitrogen and oxygen atoms in total. The van der Waals surface area contributed by atoms with E-state index < -0.39 is 188 Å². The van der Waals surface area contributed by atoms with Gasteiger partial charge >= 0.3 is 0 Å². The molecular weight excluding hydrogens is 607 g/mol. The van der Waals surface area contributed by atoms with E-state index in [4.69, 9.17) is 23.6 Å². The molecule has 2 heteroatoms. The number of furan rings is 1. The van der Waals surface area contributed by atoms with Crippen LogP contribution in [0.5, 0.6) is 0 Å². The van der Waals surface area contributed by atoms with Crippen molar-refractivity contribution < 1.29 is 34.6 Å². The molecule has 0 aliphatic carbocycles. The van der Waals surface area contributed by atoms with E-state index >= 15 is 0 Å². The lowest BCUT2D eigenvalue weighted by Gasteiger charge is -2.27. The van der Waals surface area contributed by atoms with Crippen LogP contribution in [0.2, 0.25) is 0 Å². The summed E-state index contributed by atoms with van der Waals surface area (Å²) in [6.07, 6.45) is 0. The molecule has 0 amide bonds. The molecule has 0 spiro atoms. The summed E-state index contributed by atoms with van der Waals surface area (Å²) in [5, 5.41) is 0.0588. The van der Waals surface area contributed by atoms with Crippen LogP contribution in [0.15, 0.2) is 192 Å². The Labute approximate surface area is 321 Å². The first-order valence-electron chi connectivity index (χ1n) is 26.3. The topological polar surface area (TPSA) is 16.4 Å². The lowest BCUT2D eigenvalue weighted by atomic mass is 9.97. The van der Waals surface area contributed by atoms with E-state index in [0.717, 1.165) is 10.3 Å². The van der Waals surface area contributed by atoms with Crippen molar-refractivity contribution in [2.24, 2.45) is 0 Å². The normalized spacial score (nSPS) is 17.8. The van der Waals surface area contributed by atoms with E-state index in [1.807, 2.05) is 12.1 Å². The maximum atomic E-state index is 9.71. The summed E-state index contributed by atoms with van der Waals surface area (Å²) in [5.74, 6) is 0. The zero-order chi connectivity index (χ0) is 52.2. The van der Waals surface area contributed by atoms with Crippen LogP contribution in [0.1, 0.15) is 30.2 Å². The molecule has 0 radical (unpaired) electrons. The Bertz CT molecular complexity index is 3890. The summed E-state index contributed by atoms with van der Waals surface area (Å²) in [6.45, 7) is 0. The number of nitrogens with zero attached hydrogens (tertiary/aromatic N) is 1. The molecule has 50 heavy (non-hydrogen) atoms. The number of hydrogen-bond acceptors (Lipinski definition) is 2. The molecule has 0 saturated heterocycles. The number of benzene rings is 9. The zero-order valence-corrected chi connectivity index (χ0v) is 25.6. The van der Waals surface area contributed by atoms with Crippen LogP contribution >= 0.6 is 0 Å². The summed E-state index contributed by atoms with van der Waals surface area (Å²) in [5.41, 5.74) is -3.51. The van der Waals surface area contributed by atoms with Crippen molar-refractivity contribution in [1.82, 2.24) is 0 Å². The van der Waals surface area contributed by atoms with Crippen LogP contribution in [0, 0.1) is 0 Å². The highest BCUT2D eigenvalue weighted by molar-refractivity contribution is 6.19. The third-order valence-corrected chi connectivity index (χ3v) is 8.40. The van der Waals surface area contributed by atoms with Gasteiger partial charge in [-0.1, -0.05) is 145 Å². The largest absolute Gasteiger partial charge is 0.455 e. The van der Waals surface area contributed by atoms with Gasteiger partial charge in [0.2, 0.25) is 0 Å². The van der Waals surface area contributed by atoms with E-state index in [-0.39, 0.29) is 16.7 Å². The molecule has 1 aromatic heterocycles. The first-order valence-corrected chi connectivity index (χ1v) is 15.3. The summed E-state index contributed by atoms with van der Waals surface area (Å²) in [6, 6.07) is -3.21. The van der Waals surface area contributed by atoms with E-state index in [2.05, 4.69) is 0 Å². The summed E-state index contributed by atoms with van der Waals surface area (Å²) in [4.78, 5) is 0.963. The second-order valence-electron chi connectivity index (χ2n) is 11.2. The molecule has 0 fully saturated rings. The molecule has 0 unspecified atom stereocenters. The fraction of sp³-hybridized carbons (Fsp3) is 0. The highest BCUT2D eigenvalue weighted by atomic mass is 16.3. The van der Waals surface area contributed by atoms with E-state index in [9.17, 15) is 11.0 Å². The van der Waals surface area contributed by atoms with Crippen molar-refractivity contribution in [2.45, 2.75) is 0 Å². The van der Waals surface area contributed by atoms with Crippen molar-refractivity contribution in [1.29, 1.82) is 0 Å². The van der Waals surface area contributed by atoms with Crippen molar-refractivity contribution in [3.05, 3.63) is 188 Å². The summed E-state index contributed by atoms with van der Waals surface area (Å²) in [7, 11) is 0. The maximum absolute atomic E-state index is 9.71. The minimum Gasteiger partial charge on any atom is -0.455 e. The van der Waals surface area contributed by atoms with Gasteiger partial charge in [-0.05, 0) is 91.6 Å². The van der Waals surface area contributed by atoms with Crippen LogP contribution in [0.3, 0.4) is 0 Å². The predicted octanol–water partition coefficient (Wildman–Crippen LogP) is 13.8. The molecule has 0 aliphatic heterocycles. The van der Waals surface area contributed by atoms with Gasteiger partial charge in [-0.15, -0.1) is 0 Å². The molecule has 0 atom stereocenters. The first kappa shape index (κ1) is 14.1. The predicted molar refractivity (Wildman–Crippen MR) is 212 cm³/mol. The third kappa shape index (κ3) is 4.57. The number of hydrogen-bond donors (Lipinski definition) is 0. The molecule has 9 aromatic carbocycles. The summed E-state index contributed by atoms with van der Waals surface area (Å²) >= 11 is 0. The maximum Gasteiger partial charge on any atom is 0.143 e. The van der Waals surface area contributed by atoms with Gasteiger partial charge in [-0.3, -0.25) is 0 Å². The average molecular weight is 660 g/mol. The summed E-state index contributed by atoms with van der Waals surface area (Å²) < 4.78 is 204. The average Bonchev–Trinajstić information content (AvgIpc) is 3.76. The lowest BCUT2D eigenvalue weighted by Crippen LogP contribution is -2.10. The molecule has 10 aromatic rings. The number of rotatable bonds is 5. The van der Waals surface area contributed by atoms with Crippen molar-refractivity contribution in [3.63, 3.8) is 0 Å². The molecule has 0 saturated carbocycles. The van der Waals surface area contributed by atoms with E-state index in [0.29, 0.717) is 16.4 Å². The van der Waals surface area contributed by atoms with E-state index in [1.165, 1.54) is 12.1 Å². The Hall–Kier alpha value is -6.64. The van der Waals surface area contributed by atoms with Crippen LogP contribution < -0.4 is 4.90 Å². The number of anilines is 3. The molecule has 1 heterocycles. The van der Waals surface area contributed by atoms with Gasteiger partial charge in [0, 0.05) is 22.1 Å². The van der Waals surface area contributed by atoms with Gasteiger partial charge in [-0.2, -0.15) is 0 Å². The van der Waals surface area contributed by atoms with Crippen LogP contribution in [-0.4, -0.2) is 0 Å². The standard InChI is InChI=1S/C48H31NO/c1-4-15-39-32(10-1)13-7-18-41(39)35-22-27-37(28-23-35)49(38-29-24-36(25-30-38)42-19-8-14-33-11-2-5-16-40(33)42)45-20-9-21-46-47(45)44-31-26-34-12-3-6-17-43(34)48(44)50-46/h1-31H/i1D,2D,4D,5D,7D,8D,10D,11D,13D,14D,15D,16D,18D,19D,22D,23D,24D,25D,27D,28D,29D,30D. The fourth-order valence-electron chi connectivity index (χ4n) is 6.16. The van der Waals surface area contributed by atoms with Crippen molar-refractivity contribution >= 4 is 71.3 Å². The smallest absolute Gasteiger partial charge is 0.143 e. The molecule has 0 N–H and O–H groups in total. The monoisotopic (exact) mass is 659 g/mol. The fourth-order valence-corrected chi connectivity index (χ4v) is 6.16. The van der Waals surface area contributed by atoms with Crippen LogP contribution in [-0.2, 0) is 0 Å². The van der Waals surface area contributed by atoms with Crippen LogP contribution in [0.25, 0.3) is 76.5 Å². The van der Waals surface area contributed by atoms with Gasteiger partial charge < -0.3 is 9.32 Å². The molecule has 0 aliphatic rings. The minimum absolute atomic E-state index is 0.0656. The van der Waals surface area contributed by atoms with Crippen molar-refractivity contribution in [2.75, 3.05) is 4.90 Å².